The summed E-state index contributed by atoms with van der Waals surface area (Å²) in [4.78, 5) is 40.6. The summed E-state index contributed by atoms with van der Waals surface area (Å²) in [6, 6.07) is 0.0456. The Hall–Kier alpha value is -2.22. The number of fused-ring (bicyclic) bond motifs is 1. The van der Waals surface area contributed by atoms with Crippen molar-refractivity contribution < 1.29 is 9.59 Å². The normalized spacial score (nSPS) is 12.3. The van der Waals surface area contributed by atoms with Gasteiger partial charge in [0.25, 0.3) is 11.5 Å². The standard InChI is InChI=1S/C14H18N4O3S/c1-4-7(2)17-9(19)5-18-6-16-13-10(14(18)21)8(3)11(22-13)12(15)20/h6-7H,4-5H2,1-3H3,(H2,15,20)(H,17,19). The van der Waals surface area contributed by atoms with Crippen LogP contribution in [0.3, 0.4) is 0 Å². The minimum absolute atomic E-state index is 0.0456. The number of hydrogen-bond donors (Lipinski definition) is 2. The van der Waals surface area contributed by atoms with Gasteiger partial charge in [-0.05, 0) is 25.8 Å². The predicted molar refractivity (Wildman–Crippen MR) is 85.0 cm³/mol. The molecule has 0 spiro atoms. The largest absolute Gasteiger partial charge is 0.365 e. The number of rotatable bonds is 5. The van der Waals surface area contributed by atoms with E-state index in [1.807, 2.05) is 13.8 Å². The zero-order chi connectivity index (χ0) is 16.4. The van der Waals surface area contributed by atoms with Gasteiger partial charge in [-0.15, -0.1) is 11.3 Å². The number of nitrogens with one attached hydrogen (secondary N) is 1. The lowest BCUT2D eigenvalue weighted by Gasteiger charge is -2.12. The molecule has 0 aromatic carbocycles. The Balaban J connectivity index is 2.39. The fourth-order valence-corrected chi connectivity index (χ4v) is 3.08. The van der Waals surface area contributed by atoms with Gasteiger partial charge in [-0.2, -0.15) is 0 Å². The third-order valence-electron chi connectivity index (χ3n) is 3.47. The molecule has 0 fully saturated rings. The molecule has 0 aliphatic heterocycles. The van der Waals surface area contributed by atoms with Crippen LogP contribution >= 0.6 is 11.3 Å². The average Bonchev–Trinajstić information content (AvgIpc) is 2.79. The molecule has 0 saturated heterocycles. The number of thiophene rings is 1. The highest BCUT2D eigenvalue weighted by Gasteiger charge is 2.18. The molecule has 0 aliphatic carbocycles. The van der Waals surface area contributed by atoms with Crippen molar-refractivity contribution in [3.05, 3.63) is 27.1 Å². The number of hydrogen-bond acceptors (Lipinski definition) is 5. The molecule has 118 valence electrons. The fraction of sp³-hybridized carbons (Fsp3) is 0.429. The molecular weight excluding hydrogens is 304 g/mol. The first-order chi connectivity index (χ1) is 10.3. The number of aromatic nitrogens is 2. The van der Waals surface area contributed by atoms with Gasteiger partial charge in [0.15, 0.2) is 0 Å². The molecule has 0 saturated carbocycles. The highest BCUT2D eigenvalue weighted by Crippen LogP contribution is 2.26. The molecule has 1 unspecified atom stereocenters. The van der Waals surface area contributed by atoms with E-state index < -0.39 is 5.91 Å². The Morgan fingerprint density at radius 2 is 2.18 bits per heavy atom. The second kappa shape index (κ2) is 6.27. The number of nitrogens with two attached hydrogens (primary N) is 1. The number of nitrogens with zero attached hydrogens (tertiary/aromatic N) is 2. The van der Waals surface area contributed by atoms with Crippen LogP contribution in [0.2, 0.25) is 0 Å². The lowest BCUT2D eigenvalue weighted by molar-refractivity contribution is -0.122. The van der Waals surface area contributed by atoms with E-state index in [9.17, 15) is 14.4 Å². The smallest absolute Gasteiger partial charge is 0.262 e. The van der Waals surface area contributed by atoms with Gasteiger partial charge in [-0.3, -0.25) is 19.0 Å². The van der Waals surface area contributed by atoms with E-state index in [4.69, 9.17) is 5.73 Å². The number of aryl methyl sites for hydroxylation is 1. The monoisotopic (exact) mass is 322 g/mol. The molecule has 2 heterocycles. The Bertz CT molecular complexity index is 793. The molecular formula is C14H18N4O3S. The zero-order valence-electron chi connectivity index (χ0n) is 12.7. The van der Waals surface area contributed by atoms with E-state index in [0.29, 0.717) is 20.7 Å². The van der Waals surface area contributed by atoms with Gasteiger partial charge in [0.05, 0.1) is 16.6 Å². The molecule has 2 amide bonds. The van der Waals surface area contributed by atoms with Crippen LogP contribution in [-0.4, -0.2) is 27.4 Å². The van der Waals surface area contributed by atoms with E-state index in [2.05, 4.69) is 10.3 Å². The zero-order valence-corrected chi connectivity index (χ0v) is 13.5. The Morgan fingerprint density at radius 3 is 2.77 bits per heavy atom. The number of carbonyl (C=O) groups excluding carboxylic acids is 2. The fourth-order valence-electron chi connectivity index (χ4n) is 2.08. The van der Waals surface area contributed by atoms with Crippen LogP contribution in [0.15, 0.2) is 11.1 Å². The van der Waals surface area contributed by atoms with Gasteiger partial charge in [0.1, 0.15) is 11.4 Å². The first-order valence-corrected chi connectivity index (χ1v) is 7.74. The van der Waals surface area contributed by atoms with E-state index in [1.165, 1.54) is 10.9 Å². The Kier molecular flexibility index (Phi) is 4.60. The summed E-state index contributed by atoms with van der Waals surface area (Å²) in [6.07, 6.45) is 2.13. The highest BCUT2D eigenvalue weighted by molar-refractivity contribution is 7.20. The van der Waals surface area contributed by atoms with Crippen LogP contribution in [0.4, 0.5) is 0 Å². The lowest BCUT2D eigenvalue weighted by Crippen LogP contribution is -2.37. The Morgan fingerprint density at radius 1 is 1.50 bits per heavy atom. The van der Waals surface area contributed by atoms with Crippen LogP contribution in [0.5, 0.6) is 0 Å². The summed E-state index contributed by atoms with van der Waals surface area (Å²) >= 11 is 1.09. The van der Waals surface area contributed by atoms with Crippen molar-refractivity contribution in [3.63, 3.8) is 0 Å². The van der Waals surface area contributed by atoms with Crippen LogP contribution in [0, 0.1) is 6.92 Å². The van der Waals surface area contributed by atoms with Gasteiger partial charge < -0.3 is 11.1 Å². The molecule has 7 nitrogen and oxygen atoms in total. The van der Waals surface area contributed by atoms with E-state index in [-0.39, 0.29) is 24.1 Å². The van der Waals surface area contributed by atoms with Crippen molar-refractivity contribution in [3.8, 4) is 0 Å². The quantitative estimate of drug-likeness (QED) is 0.848. The maximum absolute atomic E-state index is 12.5. The molecule has 0 aliphatic rings. The van der Waals surface area contributed by atoms with Crippen molar-refractivity contribution in [2.45, 2.75) is 39.8 Å². The van der Waals surface area contributed by atoms with Gasteiger partial charge in [-0.25, -0.2) is 4.98 Å². The molecule has 2 aromatic heterocycles. The summed E-state index contributed by atoms with van der Waals surface area (Å²) in [6.45, 7) is 5.41. The van der Waals surface area contributed by atoms with Gasteiger partial charge >= 0.3 is 0 Å². The van der Waals surface area contributed by atoms with Crippen LogP contribution in [0.25, 0.3) is 10.2 Å². The second-order valence-corrected chi connectivity index (χ2v) is 6.15. The third kappa shape index (κ3) is 3.01. The van der Waals surface area contributed by atoms with Crippen molar-refractivity contribution in [2.24, 2.45) is 5.73 Å². The van der Waals surface area contributed by atoms with Gasteiger partial charge in [0, 0.05) is 6.04 Å². The van der Waals surface area contributed by atoms with Crippen LogP contribution in [-0.2, 0) is 11.3 Å². The topological polar surface area (TPSA) is 107 Å². The Labute approximate surface area is 131 Å². The highest BCUT2D eigenvalue weighted by atomic mass is 32.1. The maximum Gasteiger partial charge on any atom is 0.262 e. The maximum atomic E-state index is 12.5. The molecule has 1 atom stereocenters. The van der Waals surface area contributed by atoms with E-state index in [0.717, 1.165) is 17.8 Å². The molecule has 8 heteroatoms. The summed E-state index contributed by atoms with van der Waals surface area (Å²) < 4.78 is 1.24. The lowest BCUT2D eigenvalue weighted by atomic mass is 10.2. The van der Waals surface area contributed by atoms with Gasteiger partial charge in [-0.1, -0.05) is 6.92 Å². The summed E-state index contributed by atoms with van der Waals surface area (Å²) in [5.41, 5.74) is 5.46. The predicted octanol–water partition coefficient (Wildman–Crippen LogP) is 0.780. The molecule has 3 N–H and O–H groups in total. The SMILES string of the molecule is CCC(C)NC(=O)Cn1cnc2sc(C(N)=O)c(C)c2c1=O. The first kappa shape index (κ1) is 16.2. The minimum Gasteiger partial charge on any atom is -0.365 e. The number of amides is 2. The van der Waals surface area contributed by atoms with Crippen LogP contribution in [0.1, 0.15) is 35.5 Å². The van der Waals surface area contributed by atoms with E-state index in [1.54, 1.807) is 6.92 Å². The number of carbonyl (C=O) groups is 2. The summed E-state index contributed by atoms with van der Waals surface area (Å²) in [7, 11) is 0. The van der Waals surface area contributed by atoms with Gasteiger partial charge in [0.2, 0.25) is 5.91 Å². The molecule has 2 rings (SSSR count). The molecule has 2 aromatic rings. The van der Waals surface area contributed by atoms with Crippen molar-refractivity contribution in [1.29, 1.82) is 0 Å². The summed E-state index contributed by atoms with van der Waals surface area (Å²) in [5, 5.41) is 3.14. The van der Waals surface area contributed by atoms with Crippen LogP contribution < -0.4 is 16.6 Å². The van der Waals surface area contributed by atoms with Crippen molar-refractivity contribution >= 4 is 33.4 Å². The summed E-state index contributed by atoms with van der Waals surface area (Å²) in [5.74, 6) is -0.832. The molecule has 0 radical (unpaired) electrons. The van der Waals surface area contributed by atoms with Crippen molar-refractivity contribution in [1.82, 2.24) is 14.9 Å². The molecule has 22 heavy (non-hydrogen) atoms. The van der Waals surface area contributed by atoms with Crippen molar-refractivity contribution in [2.75, 3.05) is 0 Å². The average molecular weight is 322 g/mol. The van der Waals surface area contributed by atoms with E-state index >= 15 is 0 Å². The first-order valence-electron chi connectivity index (χ1n) is 6.92. The molecule has 0 bridgehead atoms. The third-order valence-corrected chi connectivity index (χ3v) is 4.69. The number of primary amides is 1. The second-order valence-electron chi connectivity index (χ2n) is 5.16. The minimum atomic E-state index is -0.582.